The van der Waals surface area contributed by atoms with Gasteiger partial charge >= 0.3 is 0 Å². The normalized spacial score (nSPS) is 11.5. The number of thioether (sulfide) groups is 1. The minimum Gasteiger partial charge on any atom is -0.357 e. The molecular formula is C15H25N3S. The maximum Gasteiger partial charge on any atom is 0.191 e. The summed E-state index contributed by atoms with van der Waals surface area (Å²) in [6.45, 7) is 8.92. The number of hydrogen-bond acceptors (Lipinski definition) is 2. The number of hydrogen-bond donors (Lipinski definition) is 2. The third-order valence-corrected chi connectivity index (χ3v) is 3.56. The molecule has 0 fully saturated rings. The summed E-state index contributed by atoms with van der Waals surface area (Å²) in [6, 6.07) is 6.55. The van der Waals surface area contributed by atoms with Crippen LogP contribution < -0.4 is 10.6 Å². The standard InChI is InChI=1S/C15H25N3S/c1-5-9-17-15(16-6-2)18-11-13-8-7-12(3)10-14(13)19-4/h7-8,10H,5-6,9,11H2,1-4H3,(H2,16,17,18). The lowest BCUT2D eigenvalue weighted by Gasteiger charge is -2.11. The van der Waals surface area contributed by atoms with E-state index >= 15 is 0 Å². The Morgan fingerprint density at radius 1 is 1.26 bits per heavy atom. The van der Waals surface area contributed by atoms with Crippen LogP contribution in [0.25, 0.3) is 0 Å². The lowest BCUT2D eigenvalue weighted by atomic mass is 10.1. The lowest BCUT2D eigenvalue weighted by molar-refractivity contribution is 0.784. The van der Waals surface area contributed by atoms with E-state index in [4.69, 9.17) is 0 Å². The number of aliphatic imine (C=N–C) groups is 1. The zero-order valence-corrected chi connectivity index (χ0v) is 13.2. The number of benzene rings is 1. The van der Waals surface area contributed by atoms with Crippen LogP contribution in [0, 0.1) is 6.92 Å². The minimum absolute atomic E-state index is 0.718. The number of aryl methyl sites for hydroxylation is 1. The Balaban J connectivity index is 2.75. The molecule has 3 nitrogen and oxygen atoms in total. The van der Waals surface area contributed by atoms with Crippen molar-refractivity contribution in [1.82, 2.24) is 10.6 Å². The molecular weight excluding hydrogens is 254 g/mol. The van der Waals surface area contributed by atoms with E-state index in [2.05, 4.69) is 60.9 Å². The molecule has 0 radical (unpaired) electrons. The Morgan fingerprint density at radius 3 is 2.68 bits per heavy atom. The van der Waals surface area contributed by atoms with E-state index in [1.807, 2.05) is 0 Å². The van der Waals surface area contributed by atoms with Gasteiger partial charge in [-0.1, -0.05) is 19.1 Å². The van der Waals surface area contributed by atoms with Gasteiger partial charge in [0.05, 0.1) is 6.54 Å². The van der Waals surface area contributed by atoms with Crippen LogP contribution in [0.5, 0.6) is 0 Å². The molecule has 4 heteroatoms. The summed E-state index contributed by atoms with van der Waals surface area (Å²) in [5.41, 5.74) is 2.58. The molecule has 1 aromatic rings. The summed E-state index contributed by atoms with van der Waals surface area (Å²) < 4.78 is 0. The second-order valence-electron chi connectivity index (χ2n) is 4.44. The molecule has 1 rings (SSSR count). The van der Waals surface area contributed by atoms with E-state index in [-0.39, 0.29) is 0 Å². The summed E-state index contributed by atoms with van der Waals surface area (Å²) >= 11 is 1.78. The van der Waals surface area contributed by atoms with Gasteiger partial charge in [0.15, 0.2) is 5.96 Å². The molecule has 106 valence electrons. The van der Waals surface area contributed by atoms with Gasteiger partial charge in [-0.2, -0.15) is 0 Å². The molecule has 0 heterocycles. The van der Waals surface area contributed by atoms with Gasteiger partial charge in [0.1, 0.15) is 0 Å². The predicted octanol–water partition coefficient (Wildman–Crippen LogP) is 3.18. The van der Waals surface area contributed by atoms with Crippen LogP contribution in [-0.4, -0.2) is 25.3 Å². The molecule has 0 amide bonds. The zero-order valence-electron chi connectivity index (χ0n) is 12.4. The SMILES string of the molecule is CCCNC(=NCc1ccc(C)cc1SC)NCC. The fourth-order valence-electron chi connectivity index (χ4n) is 1.73. The van der Waals surface area contributed by atoms with E-state index in [9.17, 15) is 0 Å². The van der Waals surface area contributed by atoms with Crippen LogP contribution in [0.4, 0.5) is 0 Å². The molecule has 0 atom stereocenters. The van der Waals surface area contributed by atoms with E-state index in [1.165, 1.54) is 16.0 Å². The van der Waals surface area contributed by atoms with Crippen molar-refractivity contribution in [2.75, 3.05) is 19.3 Å². The van der Waals surface area contributed by atoms with Crippen LogP contribution in [-0.2, 0) is 6.54 Å². The van der Waals surface area contributed by atoms with Gasteiger partial charge in [-0.15, -0.1) is 11.8 Å². The fourth-order valence-corrected chi connectivity index (χ4v) is 2.43. The van der Waals surface area contributed by atoms with E-state index in [0.29, 0.717) is 0 Å². The molecule has 2 N–H and O–H groups in total. The van der Waals surface area contributed by atoms with Crippen LogP contribution in [0.2, 0.25) is 0 Å². The average Bonchev–Trinajstić information content (AvgIpc) is 2.42. The van der Waals surface area contributed by atoms with Crippen molar-refractivity contribution in [3.05, 3.63) is 29.3 Å². The molecule has 0 spiro atoms. The van der Waals surface area contributed by atoms with Crippen molar-refractivity contribution >= 4 is 17.7 Å². The summed E-state index contributed by atoms with van der Waals surface area (Å²) in [5, 5.41) is 6.59. The first-order valence-corrected chi connectivity index (χ1v) is 8.09. The highest BCUT2D eigenvalue weighted by Crippen LogP contribution is 2.22. The van der Waals surface area contributed by atoms with E-state index < -0.39 is 0 Å². The number of nitrogens with zero attached hydrogens (tertiary/aromatic N) is 1. The smallest absolute Gasteiger partial charge is 0.191 e. The van der Waals surface area contributed by atoms with Crippen molar-refractivity contribution < 1.29 is 0 Å². The van der Waals surface area contributed by atoms with Crippen LogP contribution >= 0.6 is 11.8 Å². The zero-order chi connectivity index (χ0) is 14.1. The van der Waals surface area contributed by atoms with Gasteiger partial charge < -0.3 is 10.6 Å². The van der Waals surface area contributed by atoms with Crippen molar-refractivity contribution in [2.24, 2.45) is 4.99 Å². The molecule has 1 aromatic carbocycles. The van der Waals surface area contributed by atoms with E-state index in [1.54, 1.807) is 11.8 Å². The summed E-state index contributed by atoms with van der Waals surface area (Å²) in [7, 11) is 0. The Labute approximate surface area is 121 Å². The van der Waals surface area contributed by atoms with Crippen LogP contribution in [0.3, 0.4) is 0 Å². The van der Waals surface area contributed by atoms with Gasteiger partial charge in [0, 0.05) is 18.0 Å². The number of nitrogens with one attached hydrogen (secondary N) is 2. The summed E-state index contributed by atoms with van der Waals surface area (Å²) in [6.07, 6.45) is 3.22. The maximum absolute atomic E-state index is 4.64. The van der Waals surface area contributed by atoms with Gasteiger partial charge in [-0.25, -0.2) is 4.99 Å². The largest absolute Gasteiger partial charge is 0.357 e. The molecule has 19 heavy (non-hydrogen) atoms. The molecule has 0 aliphatic rings. The first-order chi connectivity index (χ1) is 9.21. The molecule has 0 aliphatic carbocycles. The maximum atomic E-state index is 4.64. The fraction of sp³-hybridized carbons (Fsp3) is 0.533. The van der Waals surface area contributed by atoms with Crippen molar-refractivity contribution in [3.8, 4) is 0 Å². The minimum atomic E-state index is 0.718. The quantitative estimate of drug-likeness (QED) is 0.477. The Kier molecular flexibility index (Phi) is 7.41. The Bertz CT molecular complexity index is 416. The predicted molar refractivity (Wildman–Crippen MR) is 86.1 cm³/mol. The molecule has 0 saturated carbocycles. The molecule has 0 aromatic heterocycles. The van der Waals surface area contributed by atoms with Crippen LogP contribution in [0.15, 0.2) is 28.1 Å². The summed E-state index contributed by atoms with van der Waals surface area (Å²) in [4.78, 5) is 5.96. The highest BCUT2D eigenvalue weighted by Gasteiger charge is 2.02. The van der Waals surface area contributed by atoms with Gasteiger partial charge in [-0.3, -0.25) is 0 Å². The van der Waals surface area contributed by atoms with Crippen LogP contribution in [0.1, 0.15) is 31.4 Å². The lowest BCUT2D eigenvalue weighted by Crippen LogP contribution is -2.37. The first-order valence-electron chi connectivity index (χ1n) is 6.87. The molecule has 0 unspecified atom stereocenters. The molecule has 0 saturated heterocycles. The van der Waals surface area contributed by atoms with Gasteiger partial charge in [0.25, 0.3) is 0 Å². The second-order valence-corrected chi connectivity index (χ2v) is 5.29. The topological polar surface area (TPSA) is 36.4 Å². The average molecular weight is 279 g/mol. The Morgan fingerprint density at radius 2 is 2.05 bits per heavy atom. The molecule has 0 aliphatic heterocycles. The summed E-state index contributed by atoms with van der Waals surface area (Å²) in [5.74, 6) is 0.900. The first kappa shape index (κ1) is 15.9. The second kappa shape index (κ2) is 8.86. The monoisotopic (exact) mass is 279 g/mol. The van der Waals surface area contributed by atoms with Gasteiger partial charge in [-0.05, 0) is 43.7 Å². The highest BCUT2D eigenvalue weighted by atomic mass is 32.2. The van der Waals surface area contributed by atoms with Crippen molar-refractivity contribution in [1.29, 1.82) is 0 Å². The van der Waals surface area contributed by atoms with E-state index in [0.717, 1.165) is 32.0 Å². The Hall–Kier alpha value is -1.16. The third-order valence-electron chi connectivity index (χ3n) is 2.74. The number of guanidine groups is 1. The molecule has 0 bridgehead atoms. The van der Waals surface area contributed by atoms with Crippen molar-refractivity contribution in [3.63, 3.8) is 0 Å². The van der Waals surface area contributed by atoms with Crippen molar-refractivity contribution in [2.45, 2.75) is 38.6 Å². The highest BCUT2D eigenvalue weighted by molar-refractivity contribution is 7.98. The number of rotatable bonds is 6. The van der Waals surface area contributed by atoms with Gasteiger partial charge in [0.2, 0.25) is 0 Å². The third kappa shape index (κ3) is 5.55.